The van der Waals surface area contributed by atoms with E-state index in [1.165, 1.54) is 7.11 Å². The quantitative estimate of drug-likeness (QED) is 0.830. The fraction of sp³-hybridized carbons (Fsp3) is 0.444. The second-order valence-corrected chi connectivity index (χ2v) is 6.43. The van der Waals surface area contributed by atoms with Crippen LogP contribution < -0.4 is 5.32 Å². The minimum Gasteiger partial charge on any atom is -0.466 e. The molecule has 0 bridgehead atoms. The molecule has 1 atom stereocenters. The summed E-state index contributed by atoms with van der Waals surface area (Å²) < 4.78 is 4.97. The monoisotopic (exact) mass is 334 g/mol. The Kier molecular flexibility index (Phi) is 5.83. The van der Waals surface area contributed by atoms with E-state index in [-0.39, 0.29) is 12.0 Å². The number of hydrogen-bond donors (Lipinski definition) is 1. The minimum absolute atomic E-state index is 0.190. The Labute approximate surface area is 142 Å². The van der Waals surface area contributed by atoms with Gasteiger partial charge in [-0.1, -0.05) is 32.4 Å². The van der Waals surface area contributed by atoms with Crippen LogP contribution in [0, 0.1) is 5.92 Å². The van der Waals surface area contributed by atoms with Crippen LogP contribution in [0.3, 0.4) is 0 Å². The number of rotatable bonds is 5. The molecule has 0 radical (unpaired) electrons. The summed E-state index contributed by atoms with van der Waals surface area (Å²) >= 11 is 5.96. The predicted octanol–water partition coefficient (Wildman–Crippen LogP) is 3.94. The molecule has 1 unspecified atom stereocenters. The number of halogens is 1. The highest BCUT2D eigenvalue weighted by molar-refractivity contribution is 6.30. The van der Waals surface area contributed by atoms with Gasteiger partial charge in [0.25, 0.3) is 0 Å². The summed E-state index contributed by atoms with van der Waals surface area (Å²) in [6.45, 7) is 6.27. The first kappa shape index (κ1) is 17.5. The maximum absolute atomic E-state index is 12.2. The van der Waals surface area contributed by atoms with E-state index >= 15 is 0 Å². The lowest BCUT2D eigenvalue weighted by Crippen LogP contribution is -2.37. The van der Waals surface area contributed by atoms with Crippen molar-refractivity contribution in [3.63, 3.8) is 0 Å². The molecular formula is C18H23ClN2O2. The van der Waals surface area contributed by atoms with Gasteiger partial charge >= 0.3 is 5.97 Å². The molecule has 0 fully saturated rings. The van der Waals surface area contributed by atoms with E-state index < -0.39 is 0 Å². The third-order valence-electron chi connectivity index (χ3n) is 3.78. The van der Waals surface area contributed by atoms with E-state index in [9.17, 15) is 4.79 Å². The molecule has 0 spiro atoms. The van der Waals surface area contributed by atoms with E-state index in [1.54, 1.807) is 0 Å². The molecule has 4 nitrogen and oxygen atoms in total. The molecule has 0 amide bonds. The van der Waals surface area contributed by atoms with Crippen molar-refractivity contribution < 1.29 is 9.53 Å². The zero-order valence-electron chi connectivity index (χ0n) is 14.0. The molecule has 1 aromatic rings. The van der Waals surface area contributed by atoms with Gasteiger partial charge in [0.05, 0.1) is 18.7 Å². The highest BCUT2D eigenvalue weighted by Gasteiger charge is 2.30. The molecule has 0 saturated carbocycles. The van der Waals surface area contributed by atoms with Crippen LogP contribution in [-0.2, 0) is 9.53 Å². The van der Waals surface area contributed by atoms with Crippen LogP contribution >= 0.6 is 11.6 Å². The Balaban J connectivity index is 2.43. The van der Waals surface area contributed by atoms with Gasteiger partial charge in [0.15, 0.2) is 0 Å². The normalized spacial score (nSPS) is 17.8. The number of carbonyl (C=O) groups is 1. The number of methoxy groups -OCH3 is 1. The lowest BCUT2D eigenvalue weighted by Gasteiger charge is -2.27. The first-order valence-electron chi connectivity index (χ1n) is 7.88. The maximum Gasteiger partial charge on any atom is 0.337 e. The Morgan fingerprint density at radius 1 is 1.35 bits per heavy atom. The second kappa shape index (κ2) is 7.64. The Bertz CT molecular complexity index is 633. The first-order valence-corrected chi connectivity index (χ1v) is 8.26. The van der Waals surface area contributed by atoms with Crippen molar-refractivity contribution in [2.75, 3.05) is 7.11 Å². The molecule has 1 N–H and O–H groups in total. The van der Waals surface area contributed by atoms with Crippen LogP contribution in [0.2, 0.25) is 5.02 Å². The highest BCUT2D eigenvalue weighted by Crippen LogP contribution is 2.26. The lowest BCUT2D eigenvalue weighted by atomic mass is 9.93. The van der Waals surface area contributed by atoms with Gasteiger partial charge < -0.3 is 10.1 Å². The number of esters is 1. The predicted molar refractivity (Wildman–Crippen MR) is 93.7 cm³/mol. The van der Waals surface area contributed by atoms with Crippen LogP contribution in [0.15, 0.2) is 40.5 Å². The van der Waals surface area contributed by atoms with E-state index in [0.29, 0.717) is 22.9 Å². The van der Waals surface area contributed by atoms with Crippen LogP contribution in [0.5, 0.6) is 0 Å². The summed E-state index contributed by atoms with van der Waals surface area (Å²) in [7, 11) is 1.41. The van der Waals surface area contributed by atoms with Gasteiger partial charge in [0.2, 0.25) is 0 Å². The van der Waals surface area contributed by atoms with E-state index in [0.717, 1.165) is 23.5 Å². The molecule has 1 heterocycles. The molecule has 124 valence electrons. The van der Waals surface area contributed by atoms with Gasteiger partial charge in [-0.25, -0.2) is 4.79 Å². The largest absolute Gasteiger partial charge is 0.466 e. The van der Waals surface area contributed by atoms with Crippen molar-refractivity contribution in [3.8, 4) is 0 Å². The molecule has 0 aromatic heterocycles. The average molecular weight is 335 g/mol. The molecule has 1 aliphatic rings. The van der Waals surface area contributed by atoms with Gasteiger partial charge in [0, 0.05) is 16.3 Å². The van der Waals surface area contributed by atoms with Crippen LogP contribution in [-0.4, -0.2) is 25.0 Å². The highest BCUT2D eigenvalue weighted by atomic mass is 35.5. The minimum atomic E-state index is -0.307. The first-order chi connectivity index (χ1) is 11.0. The maximum atomic E-state index is 12.2. The fourth-order valence-corrected chi connectivity index (χ4v) is 2.81. The van der Waals surface area contributed by atoms with Crippen molar-refractivity contribution in [3.05, 3.63) is 46.1 Å². The van der Waals surface area contributed by atoms with Crippen molar-refractivity contribution in [1.29, 1.82) is 0 Å². The van der Waals surface area contributed by atoms with E-state index in [4.69, 9.17) is 21.3 Å². The number of benzene rings is 1. The number of amidine groups is 1. The van der Waals surface area contributed by atoms with Crippen molar-refractivity contribution in [2.45, 2.75) is 39.7 Å². The number of nitrogens with zero attached hydrogens (tertiary/aromatic N) is 1. The Hall–Kier alpha value is -1.81. The summed E-state index contributed by atoms with van der Waals surface area (Å²) in [5.41, 5.74) is 2.47. The SMILES string of the molecule is CCC1=C(C(=O)OC)C(CC(C)C)N=C(c2ccc(Cl)cc2)N1. The molecule has 1 aliphatic heterocycles. The summed E-state index contributed by atoms with van der Waals surface area (Å²) in [4.78, 5) is 17.0. The van der Waals surface area contributed by atoms with Crippen molar-refractivity contribution in [1.82, 2.24) is 5.32 Å². The zero-order chi connectivity index (χ0) is 17.0. The Morgan fingerprint density at radius 3 is 2.52 bits per heavy atom. The van der Waals surface area contributed by atoms with Gasteiger partial charge in [-0.05, 0) is 43.0 Å². The van der Waals surface area contributed by atoms with Gasteiger partial charge in [-0.15, -0.1) is 0 Å². The third kappa shape index (κ3) is 4.14. The topological polar surface area (TPSA) is 50.7 Å². The molecule has 23 heavy (non-hydrogen) atoms. The Morgan fingerprint density at radius 2 is 2.00 bits per heavy atom. The third-order valence-corrected chi connectivity index (χ3v) is 4.04. The van der Waals surface area contributed by atoms with E-state index in [2.05, 4.69) is 19.2 Å². The van der Waals surface area contributed by atoms with Gasteiger partial charge in [-0.3, -0.25) is 4.99 Å². The number of carbonyl (C=O) groups excluding carboxylic acids is 1. The van der Waals surface area contributed by atoms with Crippen molar-refractivity contribution >= 4 is 23.4 Å². The summed E-state index contributed by atoms with van der Waals surface area (Å²) in [5.74, 6) is 0.891. The molecule has 0 aliphatic carbocycles. The summed E-state index contributed by atoms with van der Waals surface area (Å²) in [6, 6.07) is 7.34. The zero-order valence-corrected chi connectivity index (χ0v) is 14.8. The second-order valence-electron chi connectivity index (χ2n) is 5.99. The molecule has 0 saturated heterocycles. The number of aliphatic imine (C=N–C) groups is 1. The standard InChI is InChI=1S/C18H23ClN2O2/c1-5-14-16(18(22)23-4)15(10-11(2)3)21-17(20-14)12-6-8-13(19)9-7-12/h6-9,11,15H,5,10H2,1-4H3,(H,20,21). The van der Waals surface area contributed by atoms with Crippen LogP contribution in [0.4, 0.5) is 0 Å². The number of nitrogens with one attached hydrogen (secondary N) is 1. The average Bonchev–Trinajstić information content (AvgIpc) is 2.53. The summed E-state index contributed by atoms with van der Waals surface area (Å²) in [6.07, 6.45) is 1.51. The fourth-order valence-electron chi connectivity index (χ4n) is 2.68. The number of hydrogen-bond acceptors (Lipinski definition) is 4. The van der Waals surface area contributed by atoms with E-state index in [1.807, 2.05) is 31.2 Å². The summed E-state index contributed by atoms with van der Waals surface area (Å²) in [5, 5.41) is 3.98. The lowest BCUT2D eigenvalue weighted by molar-refractivity contribution is -0.136. The van der Waals surface area contributed by atoms with Gasteiger partial charge in [0.1, 0.15) is 5.84 Å². The van der Waals surface area contributed by atoms with Crippen LogP contribution in [0.25, 0.3) is 0 Å². The molecular weight excluding hydrogens is 312 g/mol. The van der Waals surface area contributed by atoms with Gasteiger partial charge in [-0.2, -0.15) is 0 Å². The van der Waals surface area contributed by atoms with Crippen molar-refractivity contribution in [2.24, 2.45) is 10.9 Å². The smallest absolute Gasteiger partial charge is 0.337 e. The number of ether oxygens (including phenoxy) is 1. The van der Waals surface area contributed by atoms with Crippen LogP contribution in [0.1, 0.15) is 39.2 Å². The molecule has 2 rings (SSSR count). The molecule has 5 heteroatoms. The number of allylic oxidation sites excluding steroid dienone is 1. The molecule has 1 aromatic carbocycles.